The first-order valence-electron chi connectivity index (χ1n) is 5.58. The zero-order valence-electron chi connectivity index (χ0n) is 10.1. The van der Waals surface area contributed by atoms with Gasteiger partial charge < -0.3 is 0 Å². The van der Waals surface area contributed by atoms with Gasteiger partial charge in [0.1, 0.15) is 4.90 Å². The van der Waals surface area contributed by atoms with E-state index in [1.807, 2.05) is 0 Å². The Morgan fingerprint density at radius 2 is 1.65 bits per heavy atom. The third-order valence-electron chi connectivity index (χ3n) is 2.59. The predicted molar refractivity (Wildman–Crippen MR) is 81.9 cm³/mol. The summed E-state index contributed by atoms with van der Waals surface area (Å²) in [6.07, 6.45) is 0. The van der Waals surface area contributed by atoms with Crippen LogP contribution >= 0.6 is 34.8 Å². The summed E-state index contributed by atoms with van der Waals surface area (Å²) in [6, 6.07) is 11.1. The standard InChI is InChI=1S/C13H10Cl3NO2S/c14-10-5-6-11(15)9(7-10)8-17-20(18,19)13-4-2-1-3-12(13)16/h1-7,17H,8H2. The third-order valence-corrected chi connectivity index (χ3v) is 5.09. The first-order valence-corrected chi connectivity index (χ1v) is 8.20. The third kappa shape index (κ3) is 3.65. The summed E-state index contributed by atoms with van der Waals surface area (Å²) >= 11 is 17.7. The number of hydrogen-bond acceptors (Lipinski definition) is 2. The average Bonchev–Trinajstić information content (AvgIpc) is 2.40. The molecule has 0 bridgehead atoms. The first kappa shape index (κ1) is 15.6. The molecule has 0 spiro atoms. The van der Waals surface area contributed by atoms with E-state index >= 15 is 0 Å². The quantitative estimate of drug-likeness (QED) is 0.901. The van der Waals surface area contributed by atoms with Gasteiger partial charge in [0.2, 0.25) is 10.0 Å². The molecule has 2 rings (SSSR count). The van der Waals surface area contributed by atoms with Crippen LogP contribution in [-0.2, 0) is 16.6 Å². The Hall–Kier alpha value is -0.780. The van der Waals surface area contributed by atoms with Gasteiger partial charge in [0.05, 0.1) is 5.02 Å². The van der Waals surface area contributed by atoms with Gasteiger partial charge in [0.25, 0.3) is 0 Å². The predicted octanol–water partition coefficient (Wildman–Crippen LogP) is 4.13. The Bertz CT molecular complexity index is 732. The molecule has 0 fully saturated rings. The van der Waals surface area contributed by atoms with Gasteiger partial charge in [0.15, 0.2) is 0 Å². The Balaban J connectivity index is 2.22. The van der Waals surface area contributed by atoms with Crippen LogP contribution in [0.2, 0.25) is 15.1 Å². The van der Waals surface area contributed by atoms with Crippen LogP contribution in [0.3, 0.4) is 0 Å². The Labute approximate surface area is 132 Å². The molecule has 0 radical (unpaired) electrons. The largest absolute Gasteiger partial charge is 0.242 e. The molecule has 106 valence electrons. The summed E-state index contributed by atoms with van der Waals surface area (Å²) in [4.78, 5) is 0.0276. The first-order chi connectivity index (χ1) is 9.40. The van der Waals surface area contributed by atoms with Gasteiger partial charge in [-0.1, -0.05) is 46.9 Å². The van der Waals surface area contributed by atoms with Gasteiger partial charge >= 0.3 is 0 Å². The van der Waals surface area contributed by atoms with Crippen molar-refractivity contribution in [2.24, 2.45) is 0 Å². The van der Waals surface area contributed by atoms with Gasteiger partial charge in [-0.25, -0.2) is 13.1 Å². The average molecular weight is 351 g/mol. The van der Waals surface area contributed by atoms with Crippen LogP contribution in [0.25, 0.3) is 0 Å². The molecule has 0 heterocycles. The molecule has 0 unspecified atom stereocenters. The van der Waals surface area contributed by atoms with E-state index in [4.69, 9.17) is 34.8 Å². The van der Waals surface area contributed by atoms with Crippen LogP contribution in [0.15, 0.2) is 47.4 Å². The summed E-state index contributed by atoms with van der Waals surface area (Å²) in [5.74, 6) is 0. The molecular weight excluding hydrogens is 341 g/mol. The van der Waals surface area contributed by atoms with E-state index in [1.165, 1.54) is 12.1 Å². The molecule has 0 saturated heterocycles. The zero-order chi connectivity index (χ0) is 14.8. The Morgan fingerprint density at radius 3 is 2.35 bits per heavy atom. The second-order valence-electron chi connectivity index (χ2n) is 3.99. The molecule has 0 aliphatic carbocycles. The molecule has 7 heteroatoms. The van der Waals surface area contributed by atoms with Crippen LogP contribution in [0.4, 0.5) is 0 Å². The van der Waals surface area contributed by atoms with E-state index in [0.29, 0.717) is 15.6 Å². The van der Waals surface area contributed by atoms with Crippen molar-refractivity contribution in [3.63, 3.8) is 0 Å². The minimum Gasteiger partial charge on any atom is -0.207 e. The minimum atomic E-state index is -3.70. The van der Waals surface area contributed by atoms with Crippen molar-refractivity contribution >= 4 is 44.8 Å². The lowest BCUT2D eigenvalue weighted by Crippen LogP contribution is -2.23. The molecule has 0 aromatic heterocycles. The van der Waals surface area contributed by atoms with Crippen molar-refractivity contribution in [1.82, 2.24) is 4.72 Å². The molecule has 0 aliphatic heterocycles. The number of hydrogen-bond donors (Lipinski definition) is 1. The van der Waals surface area contributed by atoms with E-state index in [2.05, 4.69) is 4.72 Å². The fourth-order valence-electron chi connectivity index (χ4n) is 1.59. The number of halogens is 3. The summed E-state index contributed by atoms with van der Waals surface area (Å²) in [6.45, 7) is 0.0347. The maximum Gasteiger partial charge on any atom is 0.242 e. The minimum absolute atomic E-state index is 0.0276. The van der Waals surface area contributed by atoms with Crippen LogP contribution in [0, 0.1) is 0 Å². The van der Waals surface area contributed by atoms with Crippen LogP contribution < -0.4 is 4.72 Å². The van der Waals surface area contributed by atoms with E-state index in [1.54, 1.807) is 30.3 Å². The molecule has 0 aliphatic rings. The van der Waals surface area contributed by atoms with Crippen molar-refractivity contribution in [3.8, 4) is 0 Å². The smallest absolute Gasteiger partial charge is 0.207 e. The maximum absolute atomic E-state index is 12.2. The molecule has 2 aromatic rings. The van der Waals surface area contributed by atoms with Gasteiger partial charge in [-0.05, 0) is 35.9 Å². The van der Waals surface area contributed by atoms with Crippen molar-refractivity contribution < 1.29 is 8.42 Å². The van der Waals surface area contributed by atoms with Crippen LogP contribution in [0.1, 0.15) is 5.56 Å². The highest BCUT2D eigenvalue weighted by molar-refractivity contribution is 7.89. The maximum atomic E-state index is 12.2. The highest BCUT2D eigenvalue weighted by Gasteiger charge is 2.17. The van der Waals surface area contributed by atoms with Crippen molar-refractivity contribution in [2.45, 2.75) is 11.4 Å². The monoisotopic (exact) mass is 349 g/mol. The molecule has 0 atom stereocenters. The van der Waals surface area contributed by atoms with Gasteiger partial charge in [0, 0.05) is 16.6 Å². The summed E-state index contributed by atoms with van der Waals surface area (Å²) in [7, 11) is -3.70. The van der Waals surface area contributed by atoms with Crippen molar-refractivity contribution in [1.29, 1.82) is 0 Å². The van der Waals surface area contributed by atoms with E-state index < -0.39 is 10.0 Å². The molecular formula is C13H10Cl3NO2S. The number of sulfonamides is 1. The van der Waals surface area contributed by atoms with Crippen LogP contribution in [-0.4, -0.2) is 8.42 Å². The number of rotatable bonds is 4. The highest BCUT2D eigenvalue weighted by Crippen LogP contribution is 2.23. The summed E-state index contributed by atoms with van der Waals surface area (Å²) in [5, 5.41) is 1.09. The Kier molecular flexibility index (Phi) is 4.94. The molecule has 20 heavy (non-hydrogen) atoms. The Morgan fingerprint density at radius 1 is 0.950 bits per heavy atom. The lowest BCUT2D eigenvalue weighted by atomic mass is 10.2. The van der Waals surface area contributed by atoms with Crippen LogP contribution in [0.5, 0.6) is 0 Å². The molecule has 0 amide bonds. The lowest BCUT2D eigenvalue weighted by molar-refractivity contribution is 0.581. The molecule has 3 nitrogen and oxygen atoms in total. The van der Waals surface area contributed by atoms with E-state index in [9.17, 15) is 8.42 Å². The van der Waals surface area contributed by atoms with Gasteiger partial charge in [-0.3, -0.25) is 0 Å². The molecule has 0 saturated carbocycles. The molecule has 2 aromatic carbocycles. The fraction of sp³-hybridized carbons (Fsp3) is 0.0769. The van der Waals surface area contributed by atoms with E-state index in [0.717, 1.165) is 0 Å². The number of benzene rings is 2. The van der Waals surface area contributed by atoms with Crippen molar-refractivity contribution in [2.75, 3.05) is 0 Å². The summed E-state index contributed by atoms with van der Waals surface area (Å²) in [5.41, 5.74) is 0.592. The van der Waals surface area contributed by atoms with Crippen molar-refractivity contribution in [3.05, 3.63) is 63.1 Å². The van der Waals surface area contributed by atoms with E-state index in [-0.39, 0.29) is 16.5 Å². The van der Waals surface area contributed by atoms with Gasteiger partial charge in [-0.15, -0.1) is 0 Å². The highest BCUT2D eigenvalue weighted by atomic mass is 35.5. The number of nitrogens with one attached hydrogen (secondary N) is 1. The molecule has 1 N–H and O–H groups in total. The normalized spacial score (nSPS) is 11.6. The second kappa shape index (κ2) is 6.33. The SMILES string of the molecule is O=S(=O)(NCc1cc(Cl)ccc1Cl)c1ccccc1Cl. The topological polar surface area (TPSA) is 46.2 Å². The fourth-order valence-corrected chi connectivity index (χ4v) is 3.49. The van der Waals surface area contributed by atoms with Gasteiger partial charge in [-0.2, -0.15) is 0 Å². The summed E-state index contributed by atoms with van der Waals surface area (Å²) < 4.78 is 26.7. The second-order valence-corrected chi connectivity index (χ2v) is 6.98. The zero-order valence-corrected chi connectivity index (χ0v) is 13.2. The lowest BCUT2D eigenvalue weighted by Gasteiger charge is -2.09.